The zero-order chi connectivity index (χ0) is 15.6. The molecule has 21 heavy (non-hydrogen) atoms. The van der Waals surface area contributed by atoms with E-state index in [4.69, 9.17) is 0 Å². The van der Waals surface area contributed by atoms with Gasteiger partial charge in [0.1, 0.15) is 0 Å². The summed E-state index contributed by atoms with van der Waals surface area (Å²) in [6.07, 6.45) is 0. The van der Waals surface area contributed by atoms with Gasteiger partial charge >= 0.3 is 0 Å². The Hall–Kier alpha value is -1.35. The molecule has 0 bridgehead atoms. The van der Waals surface area contributed by atoms with Crippen molar-refractivity contribution in [2.24, 2.45) is 17.3 Å². The lowest BCUT2D eigenvalue weighted by molar-refractivity contribution is -0.128. The molecule has 2 rings (SSSR count). The Balaban J connectivity index is 2.15. The van der Waals surface area contributed by atoms with Gasteiger partial charge in [-0.15, -0.1) is 0 Å². The number of hydrogen-bond acceptors (Lipinski definition) is 2. The first-order chi connectivity index (χ1) is 9.79. The van der Waals surface area contributed by atoms with Crippen molar-refractivity contribution >= 4 is 5.91 Å². The van der Waals surface area contributed by atoms with Crippen LogP contribution in [0.1, 0.15) is 44.9 Å². The monoisotopic (exact) mass is 288 g/mol. The maximum Gasteiger partial charge on any atom is 0.223 e. The Morgan fingerprint density at radius 1 is 1.33 bits per heavy atom. The molecule has 3 heteroatoms. The van der Waals surface area contributed by atoms with E-state index in [0.717, 1.165) is 13.1 Å². The van der Waals surface area contributed by atoms with E-state index in [9.17, 15) is 4.79 Å². The molecule has 1 aromatic rings. The second-order valence-electron chi connectivity index (χ2n) is 7.43. The standard InChI is InChI=1S/C18H28N2O/c1-12-7-6-8-14(9-12)16(18(3,4)5)20-17(21)13(2)15-10-19-11-15/h6-9,13,15-16,19H,10-11H2,1-5H3,(H,20,21). The summed E-state index contributed by atoms with van der Waals surface area (Å²) in [6, 6.07) is 8.48. The van der Waals surface area contributed by atoms with Gasteiger partial charge < -0.3 is 10.6 Å². The van der Waals surface area contributed by atoms with E-state index in [2.05, 4.69) is 62.6 Å². The molecule has 1 aromatic carbocycles. The minimum atomic E-state index is -0.0129. The summed E-state index contributed by atoms with van der Waals surface area (Å²) in [7, 11) is 0. The average Bonchev–Trinajstić information content (AvgIpc) is 2.31. The van der Waals surface area contributed by atoms with Crippen LogP contribution in [0.3, 0.4) is 0 Å². The van der Waals surface area contributed by atoms with E-state index in [1.807, 2.05) is 6.92 Å². The second-order valence-corrected chi connectivity index (χ2v) is 7.43. The molecule has 1 aliphatic heterocycles. The molecule has 1 saturated heterocycles. The summed E-state index contributed by atoms with van der Waals surface area (Å²) >= 11 is 0. The molecule has 0 aromatic heterocycles. The molecular formula is C18H28N2O. The number of carbonyl (C=O) groups is 1. The molecule has 2 atom stereocenters. The normalized spacial score (nSPS) is 18.7. The van der Waals surface area contributed by atoms with Gasteiger partial charge in [-0.25, -0.2) is 0 Å². The fraction of sp³-hybridized carbons (Fsp3) is 0.611. The number of carbonyl (C=O) groups excluding carboxylic acids is 1. The average molecular weight is 288 g/mol. The minimum Gasteiger partial charge on any atom is -0.349 e. The maximum atomic E-state index is 12.6. The fourth-order valence-corrected chi connectivity index (χ4v) is 2.80. The topological polar surface area (TPSA) is 41.1 Å². The van der Waals surface area contributed by atoms with Crippen LogP contribution < -0.4 is 10.6 Å². The van der Waals surface area contributed by atoms with E-state index in [1.165, 1.54) is 11.1 Å². The summed E-state index contributed by atoms with van der Waals surface area (Å²) < 4.78 is 0. The van der Waals surface area contributed by atoms with Gasteiger partial charge in [0.2, 0.25) is 5.91 Å². The highest BCUT2D eigenvalue weighted by molar-refractivity contribution is 5.79. The Kier molecular flexibility index (Phi) is 4.72. The second kappa shape index (κ2) is 6.18. The van der Waals surface area contributed by atoms with Crippen molar-refractivity contribution in [2.75, 3.05) is 13.1 Å². The summed E-state index contributed by atoms with van der Waals surface area (Å²) in [5, 5.41) is 6.52. The third kappa shape index (κ3) is 3.85. The van der Waals surface area contributed by atoms with Crippen molar-refractivity contribution in [3.8, 4) is 0 Å². The minimum absolute atomic E-state index is 0.0129. The highest BCUT2D eigenvalue weighted by atomic mass is 16.2. The fourth-order valence-electron chi connectivity index (χ4n) is 2.80. The van der Waals surface area contributed by atoms with Crippen LogP contribution in [-0.4, -0.2) is 19.0 Å². The van der Waals surface area contributed by atoms with E-state index in [1.54, 1.807) is 0 Å². The van der Waals surface area contributed by atoms with Gasteiger partial charge in [0.25, 0.3) is 0 Å². The van der Waals surface area contributed by atoms with Gasteiger partial charge in [-0.3, -0.25) is 4.79 Å². The highest BCUT2D eigenvalue weighted by Crippen LogP contribution is 2.33. The predicted molar refractivity (Wildman–Crippen MR) is 87.0 cm³/mol. The lowest BCUT2D eigenvalue weighted by Crippen LogP contribution is -2.50. The van der Waals surface area contributed by atoms with E-state index < -0.39 is 0 Å². The largest absolute Gasteiger partial charge is 0.349 e. The Bertz CT molecular complexity index is 500. The van der Waals surface area contributed by atoms with Crippen LogP contribution in [0.15, 0.2) is 24.3 Å². The molecule has 1 aliphatic rings. The van der Waals surface area contributed by atoms with Crippen molar-refractivity contribution in [1.82, 2.24) is 10.6 Å². The van der Waals surface area contributed by atoms with Crippen LogP contribution in [0.5, 0.6) is 0 Å². The molecule has 0 radical (unpaired) electrons. The summed E-state index contributed by atoms with van der Waals surface area (Å²) in [6.45, 7) is 12.6. The van der Waals surface area contributed by atoms with Crippen LogP contribution in [-0.2, 0) is 4.79 Å². The quantitative estimate of drug-likeness (QED) is 0.894. The van der Waals surface area contributed by atoms with Gasteiger partial charge in [-0.2, -0.15) is 0 Å². The van der Waals surface area contributed by atoms with E-state index in [-0.39, 0.29) is 23.3 Å². The molecule has 116 valence electrons. The third-order valence-electron chi connectivity index (χ3n) is 4.46. The molecule has 0 saturated carbocycles. The smallest absolute Gasteiger partial charge is 0.223 e. The lowest BCUT2D eigenvalue weighted by atomic mass is 9.81. The number of benzene rings is 1. The number of aryl methyl sites for hydroxylation is 1. The van der Waals surface area contributed by atoms with Crippen molar-refractivity contribution < 1.29 is 4.79 Å². The summed E-state index contributed by atoms with van der Waals surface area (Å²) in [5.74, 6) is 0.715. The Labute approximate surface area is 128 Å². The summed E-state index contributed by atoms with van der Waals surface area (Å²) in [4.78, 5) is 12.6. The van der Waals surface area contributed by atoms with Crippen LogP contribution in [0.2, 0.25) is 0 Å². The first-order valence-electron chi connectivity index (χ1n) is 7.86. The van der Waals surface area contributed by atoms with E-state index >= 15 is 0 Å². The molecule has 0 aliphatic carbocycles. The summed E-state index contributed by atoms with van der Waals surface area (Å²) in [5.41, 5.74) is 2.41. The van der Waals surface area contributed by atoms with E-state index in [0.29, 0.717) is 5.92 Å². The number of amides is 1. The molecule has 2 unspecified atom stereocenters. The first kappa shape index (κ1) is 16.0. The number of rotatable bonds is 4. The van der Waals surface area contributed by atoms with Gasteiger partial charge in [0.15, 0.2) is 0 Å². The predicted octanol–water partition coefficient (Wildman–Crippen LogP) is 3.05. The van der Waals surface area contributed by atoms with Gasteiger partial charge in [0.05, 0.1) is 6.04 Å². The van der Waals surface area contributed by atoms with Gasteiger partial charge in [0, 0.05) is 5.92 Å². The van der Waals surface area contributed by atoms with Crippen molar-refractivity contribution in [3.63, 3.8) is 0 Å². The molecule has 0 spiro atoms. The van der Waals surface area contributed by atoms with Crippen molar-refractivity contribution in [1.29, 1.82) is 0 Å². The van der Waals surface area contributed by atoms with Crippen LogP contribution in [0.25, 0.3) is 0 Å². The first-order valence-corrected chi connectivity index (χ1v) is 7.86. The number of nitrogens with one attached hydrogen (secondary N) is 2. The zero-order valence-electron chi connectivity index (χ0n) is 13.9. The molecule has 1 heterocycles. The maximum absolute atomic E-state index is 12.6. The van der Waals surface area contributed by atoms with Crippen LogP contribution >= 0.6 is 0 Å². The molecule has 3 nitrogen and oxygen atoms in total. The molecule has 2 N–H and O–H groups in total. The zero-order valence-corrected chi connectivity index (χ0v) is 13.9. The third-order valence-corrected chi connectivity index (χ3v) is 4.46. The lowest BCUT2D eigenvalue weighted by Gasteiger charge is -2.36. The van der Waals surface area contributed by atoms with Crippen LogP contribution in [0.4, 0.5) is 0 Å². The van der Waals surface area contributed by atoms with Crippen LogP contribution in [0, 0.1) is 24.2 Å². The Morgan fingerprint density at radius 2 is 2.00 bits per heavy atom. The van der Waals surface area contributed by atoms with Crippen molar-refractivity contribution in [2.45, 2.75) is 40.7 Å². The van der Waals surface area contributed by atoms with Gasteiger partial charge in [-0.05, 0) is 36.9 Å². The Morgan fingerprint density at radius 3 is 2.48 bits per heavy atom. The highest BCUT2D eigenvalue weighted by Gasteiger charge is 2.33. The number of hydrogen-bond donors (Lipinski definition) is 2. The van der Waals surface area contributed by atoms with Crippen molar-refractivity contribution in [3.05, 3.63) is 35.4 Å². The SMILES string of the molecule is Cc1cccc(C(NC(=O)C(C)C2CNC2)C(C)(C)C)c1. The molecule has 1 amide bonds. The molecule has 1 fully saturated rings. The molecular weight excluding hydrogens is 260 g/mol. The van der Waals surface area contributed by atoms with Gasteiger partial charge in [-0.1, -0.05) is 57.5 Å².